The van der Waals surface area contributed by atoms with Gasteiger partial charge in [-0.1, -0.05) is 30.3 Å². The molecule has 0 saturated heterocycles. The summed E-state index contributed by atoms with van der Waals surface area (Å²) in [6.45, 7) is 0. The molecule has 0 unspecified atom stereocenters. The number of nitrogens with zero attached hydrogens (tertiary/aromatic N) is 1. The number of hydrogen-bond donors (Lipinski definition) is 0. The number of hydrogen-bond acceptors (Lipinski definition) is 5. The molecular formula is C19H17NO4. The predicted octanol–water partition coefficient (Wildman–Crippen LogP) is 3.50. The summed E-state index contributed by atoms with van der Waals surface area (Å²) in [4.78, 5) is 12.4. The Morgan fingerprint density at radius 2 is 1.58 bits per heavy atom. The minimum Gasteiger partial charge on any atom is -0.493 e. The Kier molecular flexibility index (Phi) is 5.58. The average molecular weight is 323 g/mol. The van der Waals surface area contributed by atoms with Crippen molar-refractivity contribution in [1.29, 1.82) is 5.26 Å². The van der Waals surface area contributed by atoms with Gasteiger partial charge in [0.25, 0.3) is 0 Å². The van der Waals surface area contributed by atoms with Crippen LogP contribution in [0.1, 0.15) is 15.9 Å². The van der Waals surface area contributed by atoms with E-state index < -0.39 is 0 Å². The molecule has 2 rings (SSSR count). The third-order valence-electron chi connectivity index (χ3n) is 3.40. The van der Waals surface area contributed by atoms with E-state index >= 15 is 0 Å². The van der Waals surface area contributed by atoms with Crippen LogP contribution >= 0.6 is 0 Å². The van der Waals surface area contributed by atoms with Gasteiger partial charge < -0.3 is 14.2 Å². The summed E-state index contributed by atoms with van der Waals surface area (Å²) in [5.74, 6) is 1.01. The molecule has 5 nitrogen and oxygen atoms in total. The maximum atomic E-state index is 12.4. The number of nitriles is 1. The Balaban J connectivity index is 2.48. The summed E-state index contributed by atoms with van der Waals surface area (Å²) < 4.78 is 15.8. The molecular weight excluding hydrogens is 306 g/mol. The molecule has 24 heavy (non-hydrogen) atoms. The lowest BCUT2D eigenvalue weighted by Crippen LogP contribution is -2.02. The largest absolute Gasteiger partial charge is 0.493 e. The number of allylic oxidation sites excluding steroid dienone is 1. The van der Waals surface area contributed by atoms with Crippen molar-refractivity contribution in [3.63, 3.8) is 0 Å². The van der Waals surface area contributed by atoms with Crippen molar-refractivity contribution in [2.45, 2.75) is 0 Å². The number of rotatable bonds is 6. The lowest BCUT2D eigenvalue weighted by atomic mass is 10.0. The van der Waals surface area contributed by atoms with Crippen molar-refractivity contribution in [2.75, 3.05) is 21.3 Å². The van der Waals surface area contributed by atoms with Crippen LogP contribution in [-0.4, -0.2) is 27.1 Å². The zero-order valence-electron chi connectivity index (χ0n) is 13.7. The number of benzene rings is 2. The van der Waals surface area contributed by atoms with Gasteiger partial charge in [0.15, 0.2) is 11.5 Å². The fourth-order valence-electron chi connectivity index (χ4n) is 2.24. The second-order valence-electron chi connectivity index (χ2n) is 4.82. The van der Waals surface area contributed by atoms with Crippen LogP contribution in [0.2, 0.25) is 0 Å². The Morgan fingerprint density at radius 1 is 1.00 bits per heavy atom. The molecule has 0 radical (unpaired) electrons. The molecule has 0 aliphatic carbocycles. The van der Waals surface area contributed by atoms with Crippen LogP contribution in [0, 0.1) is 11.3 Å². The van der Waals surface area contributed by atoms with Crippen molar-refractivity contribution in [3.8, 4) is 23.3 Å². The molecule has 0 amide bonds. The number of ketones is 1. The van der Waals surface area contributed by atoms with E-state index in [-0.39, 0.29) is 11.4 Å². The molecule has 2 aromatic rings. The Morgan fingerprint density at radius 3 is 2.04 bits per heavy atom. The first-order chi connectivity index (χ1) is 11.6. The first-order valence-electron chi connectivity index (χ1n) is 7.16. The third-order valence-corrected chi connectivity index (χ3v) is 3.40. The smallest absolute Gasteiger partial charge is 0.203 e. The quantitative estimate of drug-likeness (QED) is 0.462. The van der Waals surface area contributed by atoms with E-state index in [0.29, 0.717) is 28.4 Å². The lowest BCUT2D eigenvalue weighted by Gasteiger charge is -2.13. The van der Waals surface area contributed by atoms with E-state index in [1.807, 2.05) is 12.1 Å². The van der Waals surface area contributed by atoms with Crippen molar-refractivity contribution >= 4 is 11.9 Å². The minimum absolute atomic E-state index is 0.0236. The molecule has 0 fully saturated rings. The fourth-order valence-corrected chi connectivity index (χ4v) is 2.24. The maximum absolute atomic E-state index is 12.4. The first kappa shape index (κ1) is 17.1. The second-order valence-corrected chi connectivity index (χ2v) is 4.82. The van der Waals surface area contributed by atoms with Gasteiger partial charge in [-0.15, -0.1) is 0 Å². The molecule has 122 valence electrons. The van der Waals surface area contributed by atoms with Crippen molar-refractivity contribution < 1.29 is 19.0 Å². The van der Waals surface area contributed by atoms with Crippen LogP contribution in [0.5, 0.6) is 17.2 Å². The highest BCUT2D eigenvalue weighted by molar-refractivity contribution is 6.14. The lowest BCUT2D eigenvalue weighted by molar-refractivity contribution is 0.104. The number of carbonyl (C=O) groups excluding carboxylic acids is 1. The van der Waals surface area contributed by atoms with Crippen molar-refractivity contribution in [3.05, 3.63) is 59.2 Å². The Bertz CT molecular complexity index is 779. The minimum atomic E-state index is -0.341. The number of Topliss-reactive ketones (excluding diaryl/α,β-unsaturated/α-hetero) is 1. The topological polar surface area (TPSA) is 68.5 Å². The van der Waals surface area contributed by atoms with Crippen molar-refractivity contribution in [1.82, 2.24) is 0 Å². The zero-order valence-corrected chi connectivity index (χ0v) is 13.7. The summed E-state index contributed by atoms with van der Waals surface area (Å²) in [7, 11) is 4.52. The highest BCUT2D eigenvalue weighted by Gasteiger charge is 2.15. The molecule has 0 atom stereocenters. The van der Waals surface area contributed by atoms with E-state index in [9.17, 15) is 10.1 Å². The molecule has 0 aliphatic rings. The van der Waals surface area contributed by atoms with Gasteiger partial charge in [-0.3, -0.25) is 4.79 Å². The number of carbonyl (C=O) groups is 1. The highest BCUT2D eigenvalue weighted by Crippen LogP contribution is 2.38. The Labute approximate surface area is 140 Å². The molecule has 0 aliphatic heterocycles. The van der Waals surface area contributed by atoms with Crippen LogP contribution in [0.25, 0.3) is 6.08 Å². The van der Waals surface area contributed by atoms with Gasteiger partial charge in [0, 0.05) is 5.56 Å². The monoisotopic (exact) mass is 323 g/mol. The van der Waals surface area contributed by atoms with Crippen LogP contribution < -0.4 is 14.2 Å². The van der Waals surface area contributed by atoms with Crippen molar-refractivity contribution in [2.24, 2.45) is 0 Å². The van der Waals surface area contributed by atoms with Crippen LogP contribution in [0.3, 0.4) is 0 Å². The van der Waals surface area contributed by atoms with Gasteiger partial charge in [0.05, 0.1) is 21.3 Å². The standard InChI is InChI=1S/C19H17NO4/c1-22-16-10-13(11-17(23-2)19(16)24-3)9-15(12-20)18(21)14-7-5-4-6-8-14/h4-11H,1-3H3. The van der Waals surface area contributed by atoms with E-state index in [1.54, 1.807) is 36.4 Å². The normalized spacial score (nSPS) is 10.7. The summed E-state index contributed by atoms with van der Waals surface area (Å²) in [5.41, 5.74) is 1.08. The summed E-state index contributed by atoms with van der Waals surface area (Å²) in [6, 6.07) is 14.0. The first-order valence-corrected chi connectivity index (χ1v) is 7.16. The number of ether oxygens (including phenoxy) is 3. The second kappa shape index (κ2) is 7.84. The van der Waals surface area contributed by atoms with Crippen LogP contribution in [0.15, 0.2) is 48.0 Å². The predicted molar refractivity (Wildman–Crippen MR) is 90.5 cm³/mol. The zero-order chi connectivity index (χ0) is 17.5. The number of methoxy groups -OCH3 is 3. The summed E-state index contributed by atoms with van der Waals surface area (Å²) in [6.07, 6.45) is 1.50. The maximum Gasteiger partial charge on any atom is 0.203 e. The third kappa shape index (κ3) is 3.55. The van der Waals surface area contributed by atoms with E-state index in [4.69, 9.17) is 14.2 Å². The van der Waals surface area contributed by atoms with Gasteiger partial charge in [-0.05, 0) is 23.8 Å². The molecule has 0 aromatic heterocycles. The van der Waals surface area contributed by atoms with E-state index in [2.05, 4.69) is 0 Å². The molecule has 5 heteroatoms. The van der Waals surface area contributed by atoms with E-state index in [0.717, 1.165) is 0 Å². The van der Waals surface area contributed by atoms with Crippen LogP contribution in [0.4, 0.5) is 0 Å². The highest BCUT2D eigenvalue weighted by atomic mass is 16.5. The molecule has 0 heterocycles. The molecule has 0 saturated carbocycles. The van der Waals surface area contributed by atoms with Gasteiger partial charge >= 0.3 is 0 Å². The molecule has 0 spiro atoms. The summed E-state index contributed by atoms with van der Waals surface area (Å²) in [5, 5.41) is 9.35. The Hall–Kier alpha value is -3.26. The molecule has 0 bridgehead atoms. The fraction of sp³-hybridized carbons (Fsp3) is 0.158. The van der Waals surface area contributed by atoms with Gasteiger partial charge in [0.2, 0.25) is 11.5 Å². The van der Waals surface area contributed by atoms with Gasteiger partial charge in [-0.2, -0.15) is 5.26 Å². The van der Waals surface area contributed by atoms with Gasteiger partial charge in [-0.25, -0.2) is 0 Å². The average Bonchev–Trinajstić information content (AvgIpc) is 2.65. The van der Waals surface area contributed by atoms with Gasteiger partial charge in [0.1, 0.15) is 11.6 Å². The molecule has 0 N–H and O–H groups in total. The summed E-state index contributed by atoms with van der Waals surface area (Å²) >= 11 is 0. The van der Waals surface area contributed by atoms with E-state index in [1.165, 1.54) is 27.4 Å². The SMILES string of the molecule is COc1cc(C=C(C#N)C(=O)c2ccccc2)cc(OC)c1OC. The van der Waals surface area contributed by atoms with Crippen LogP contribution in [-0.2, 0) is 0 Å². The molecule has 2 aromatic carbocycles.